The van der Waals surface area contributed by atoms with Crippen molar-refractivity contribution in [3.63, 3.8) is 0 Å². The highest BCUT2D eigenvalue weighted by Gasteiger charge is 2.50. The number of aliphatic hydroxyl groups is 2. The average Bonchev–Trinajstić information content (AvgIpc) is 3.76. The minimum atomic E-state index is -5.57. The molecule has 3 rings (SSSR count). The Morgan fingerprint density at radius 1 is 0.879 bits per heavy atom. The summed E-state index contributed by atoms with van der Waals surface area (Å²) in [6, 6.07) is 0. The molecule has 7 atom stereocenters. The zero-order valence-electron chi connectivity index (χ0n) is 37.7. The molecule has 1 aliphatic rings. The number of nitrogens with zero attached hydrogens (tertiary/aromatic N) is 4. The molecule has 384 valence electrons. The monoisotopic (exact) mass is 1030 g/mol. The number of amides is 2. The van der Waals surface area contributed by atoms with Crippen molar-refractivity contribution in [3.05, 3.63) is 12.7 Å². The number of nitrogens with two attached hydrogens (primary N) is 1. The van der Waals surface area contributed by atoms with Crippen molar-refractivity contribution in [3.8, 4) is 0 Å². The van der Waals surface area contributed by atoms with E-state index in [1.165, 1.54) is 65.2 Å². The highest BCUT2D eigenvalue weighted by atomic mass is 32.2. The molecule has 3 heterocycles. The van der Waals surface area contributed by atoms with Crippen LogP contribution in [0.4, 0.5) is 5.82 Å². The minimum Gasteiger partial charge on any atom is -0.386 e. The molecule has 66 heavy (non-hydrogen) atoms. The number of rotatable bonds is 31. The predicted octanol–water partition coefficient (Wildman–Crippen LogP) is 3.85. The van der Waals surface area contributed by atoms with Crippen molar-refractivity contribution in [2.45, 2.75) is 135 Å². The molecule has 3 unspecified atom stereocenters. The Balaban J connectivity index is 0.0000141. The fourth-order valence-electron chi connectivity index (χ4n) is 6.30. The second-order valence-corrected chi connectivity index (χ2v) is 21.0. The molecule has 0 radical (unpaired) electrons. The molecule has 27 nitrogen and oxygen atoms in total. The zero-order chi connectivity index (χ0) is 46.8. The Morgan fingerprint density at radius 2 is 1.47 bits per heavy atom. The summed E-state index contributed by atoms with van der Waals surface area (Å²) in [6.45, 7) is 2.79. The molecule has 1 aliphatic heterocycles. The summed E-state index contributed by atoms with van der Waals surface area (Å²) in [5, 5.41) is 26.6. The van der Waals surface area contributed by atoms with Crippen molar-refractivity contribution in [1.29, 1.82) is 0 Å². The van der Waals surface area contributed by atoms with Crippen molar-refractivity contribution >= 4 is 69.1 Å². The third-order valence-electron chi connectivity index (χ3n) is 9.75. The number of aliphatic hydroxyl groups excluding tert-OH is 2. The summed E-state index contributed by atoms with van der Waals surface area (Å²) in [5.74, 6) is -1.02. The fourth-order valence-corrected chi connectivity index (χ4v) is 9.85. The van der Waals surface area contributed by atoms with Crippen molar-refractivity contribution < 1.29 is 80.5 Å². The van der Waals surface area contributed by atoms with E-state index in [-0.39, 0.29) is 60.1 Å². The molecule has 19 N–H and O–H groups in total. The van der Waals surface area contributed by atoms with E-state index in [4.69, 9.17) is 19.5 Å². The zero-order valence-corrected chi connectivity index (χ0v) is 41.2. The van der Waals surface area contributed by atoms with Crippen LogP contribution in [-0.2, 0) is 50.7 Å². The second-order valence-electron chi connectivity index (χ2n) is 15.6. The Labute approximate surface area is 388 Å². The van der Waals surface area contributed by atoms with Crippen molar-refractivity contribution in [2.24, 2.45) is 5.41 Å². The van der Waals surface area contributed by atoms with Crippen LogP contribution >= 0.6 is 35.2 Å². The molecule has 0 saturated carbocycles. The summed E-state index contributed by atoms with van der Waals surface area (Å²) in [4.78, 5) is 88.2. The maximum atomic E-state index is 12.7. The number of nitrogen functional groups attached to an aromatic ring is 1. The van der Waals surface area contributed by atoms with Crippen LogP contribution in [0.5, 0.6) is 0 Å². The molecule has 2 amide bonds. The van der Waals surface area contributed by atoms with E-state index >= 15 is 0 Å². The third-order valence-corrected chi connectivity index (χ3v) is 13.8. The molecular formula is C35H71N10O17P3S. The lowest BCUT2D eigenvalue weighted by molar-refractivity contribution is -0.137. The van der Waals surface area contributed by atoms with Gasteiger partial charge in [-0.1, -0.05) is 96.7 Å². The predicted molar refractivity (Wildman–Crippen MR) is 243 cm³/mol. The number of hydrogen-bond donors (Lipinski definition) is 12. The van der Waals surface area contributed by atoms with E-state index in [9.17, 15) is 57.9 Å². The Kier molecular flexibility index (Phi) is 29.0. The number of hydrogen-bond acceptors (Lipinski definition) is 21. The first-order valence-corrected chi connectivity index (χ1v) is 26.1. The summed E-state index contributed by atoms with van der Waals surface area (Å²) >= 11 is 1.15. The van der Waals surface area contributed by atoms with Gasteiger partial charge in [0.05, 0.1) is 19.5 Å². The van der Waals surface area contributed by atoms with E-state index in [2.05, 4.69) is 41.3 Å². The second kappa shape index (κ2) is 30.1. The number of fused-ring (bicyclic) bond motifs is 1. The van der Waals surface area contributed by atoms with Crippen LogP contribution in [0.1, 0.15) is 110 Å². The number of unbranched alkanes of at least 4 members (excludes halogenated alkanes) is 10. The maximum absolute atomic E-state index is 12.7. The number of imidazole rings is 1. The lowest BCUT2D eigenvalue weighted by Gasteiger charge is -2.30. The van der Waals surface area contributed by atoms with Crippen LogP contribution in [-0.4, -0.2) is 123 Å². The first-order valence-electron chi connectivity index (χ1n) is 20.6. The highest BCUT2D eigenvalue weighted by Crippen LogP contribution is 2.61. The summed E-state index contributed by atoms with van der Waals surface area (Å²) in [5.41, 5.74) is 4.29. The van der Waals surface area contributed by atoms with Crippen molar-refractivity contribution in [2.75, 3.05) is 37.8 Å². The van der Waals surface area contributed by atoms with Gasteiger partial charge in [0.2, 0.25) is 11.8 Å². The van der Waals surface area contributed by atoms with Crippen LogP contribution in [0.2, 0.25) is 0 Å². The third kappa shape index (κ3) is 22.2. The van der Waals surface area contributed by atoms with Gasteiger partial charge in [-0.25, -0.2) is 28.6 Å². The van der Waals surface area contributed by atoms with Crippen LogP contribution < -0.4 is 34.8 Å². The van der Waals surface area contributed by atoms with Gasteiger partial charge in [0.1, 0.15) is 36.3 Å². The number of ether oxygens (including phenoxy) is 1. The first kappa shape index (κ1) is 63.4. The van der Waals surface area contributed by atoms with Gasteiger partial charge in [-0.2, -0.15) is 4.31 Å². The van der Waals surface area contributed by atoms with Gasteiger partial charge in [0.15, 0.2) is 22.8 Å². The first-order chi connectivity index (χ1) is 29.6. The van der Waals surface area contributed by atoms with Gasteiger partial charge in [-0.3, -0.25) is 32.5 Å². The van der Waals surface area contributed by atoms with Crippen LogP contribution in [0, 0.1) is 5.41 Å². The summed E-state index contributed by atoms with van der Waals surface area (Å²) in [6.07, 6.45) is 6.75. The number of carbonyl (C=O) groups excluding carboxylic acids is 3. The normalized spacial score (nSPS) is 19.7. The van der Waals surface area contributed by atoms with Crippen LogP contribution in [0.3, 0.4) is 0 Å². The van der Waals surface area contributed by atoms with E-state index in [1.54, 1.807) is 0 Å². The van der Waals surface area contributed by atoms with Gasteiger partial charge in [-0.15, -0.1) is 0 Å². The molecule has 2 aromatic heterocycles. The molecule has 1 saturated heterocycles. The smallest absolute Gasteiger partial charge is 0.386 e. The van der Waals surface area contributed by atoms with Crippen LogP contribution in [0.25, 0.3) is 11.2 Å². The lowest BCUT2D eigenvalue weighted by atomic mass is 9.87. The molecule has 0 aromatic carbocycles. The number of carbonyl (C=O) groups is 3. The van der Waals surface area contributed by atoms with Gasteiger partial charge in [0.25, 0.3) is 0 Å². The van der Waals surface area contributed by atoms with Gasteiger partial charge < -0.3 is 69.3 Å². The minimum absolute atomic E-state index is 0. The SMILES string of the molecule is CCCCCCCCCCCCCC(=O)SCCNC(=O)CCNC(=O)[C@H](O)C(C)(C)COP(=O)(O)OP(=O)(O)OC[C@H]1O[C@@H](n2cnc3c(N)ncnc32)C(O)[C@H]1OP(=O)(O)O.N.N.N. The molecule has 0 bridgehead atoms. The van der Waals surface area contributed by atoms with E-state index in [0.717, 1.165) is 48.2 Å². The van der Waals surface area contributed by atoms with Crippen LogP contribution in [0.15, 0.2) is 12.7 Å². The standard InChI is InChI=1S/C35H62N7O17P3S.3H3N/c1-4-5-6-7-8-9-10-11-12-13-14-15-26(44)63-19-18-37-25(43)16-17-38-33(47)30(46)35(2,3)21-56-62(53,54)59-61(51,52)55-20-24-29(58-60(48,49)50)28(45)34(57-24)42-23-41-27-31(36)39-22-40-32(27)42;;;/h22-24,28-30,34,45-46H,4-21H2,1-3H3,(H,37,43)(H,38,47)(H,51,52)(H,53,54)(H2,36,39,40)(H2,48,49,50);3*1H3/t24-,28?,29+,30+,34-;;;/m1.../s1. The quantitative estimate of drug-likeness (QED) is 0.0377. The fraction of sp³-hybridized carbons (Fsp3) is 0.771. The van der Waals surface area contributed by atoms with Gasteiger partial charge in [0, 0.05) is 37.1 Å². The molecule has 0 aliphatic carbocycles. The number of phosphoric ester groups is 3. The molecule has 31 heteroatoms. The topological polar surface area (TPSA) is 469 Å². The van der Waals surface area contributed by atoms with Gasteiger partial charge in [-0.05, 0) is 6.42 Å². The number of anilines is 1. The Bertz CT molecular complexity index is 1930. The number of thioether (sulfide) groups is 1. The highest BCUT2D eigenvalue weighted by molar-refractivity contribution is 8.13. The Morgan fingerprint density at radius 3 is 2.08 bits per heavy atom. The average molecular weight is 1030 g/mol. The molecular weight excluding hydrogens is 957 g/mol. The van der Waals surface area contributed by atoms with Crippen molar-refractivity contribution in [1.82, 2.24) is 48.6 Å². The maximum Gasteiger partial charge on any atom is 0.481 e. The van der Waals surface area contributed by atoms with E-state index in [1.807, 2.05) is 0 Å². The summed E-state index contributed by atoms with van der Waals surface area (Å²) < 4.78 is 62.3. The molecule has 0 spiro atoms. The number of phosphoric acid groups is 3. The Hall–Kier alpha value is -2.56. The molecule has 1 fully saturated rings. The van der Waals surface area contributed by atoms with Gasteiger partial charge >= 0.3 is 23.5 Å². The largest absolute Gasteiger partial charge is 0.481 e. The van der Waals surface area contributed by atoms with E-state index < -0.39 is 84.6 Å². The lowest BCUT2D eigenvalue weighted by Crippen LogP contribution is -2.46. The summed E-state index contributed by atoms with van der Waals surface area (Å²) in [7, 11) is -16.4. The van der Waals surface area contributed by atoms with E-state index in [0.29, 0.717) is 12.2 Å². The number of nitrogens with one attached hydrogen (secondary N) is 2. The number of aromatic nitrogens is 4. The molecule has 2 aromatic rings.